The SMILES string of the molecule is CN(C)CC(O)CNCCCN1CCCC1. The molecule has 1 atom stereocenters. The van der Waals surface area contributed by atoms with E-state index in [-0.39, 0.29) is 6.10 Å². The van der Waals surface area contributed by atoms with Crippen LogP contribution in [0.4, 0.5) is 0 Å². The van der Waals surface area contributed by atoms with E-state index in [0.717, 1.165) is 13.1 Å². The summed E-state index contributed by atoms with van der Waals surface area (Å²) in [5.41, 5.74) is 0. The highest BCUT2D eigenvalue weighted by molar-refractivity contribution is 4.67. The summed E-state index contributed by atoms with van der Waals surface area (Å²) in [7, 11) is 3.97. The van der Waals surface area contributed by atoms with Gasteiger partial charge in [-0.25, -0.2) is 0 Å². The second kappa shape index (κ2) is 8.01. The second-order valence-electron chi connectivity index (χ2n) is 5.02. The van der Waals surface area contributed by atoms with Gasteiger partial charge in [0.1, 0.15) is 0 Å². The van der Waals surface area contributed by atoms with Gasteiger partial charge in [0.2, 0.25) is 0 Å². The summed E-state index contributed by atoms with van der Waals surface area (Å²) in [6.45, 7) is 6.22. The van der Waals surface area contributed by atoms with Crippen molar-refractivity contribution in [2.45, 2.75) is 25.4 Å². The molecule has 16 heavy (non-hydrogen) atoms. The number of nitrogens with zero attached hydrogens (tertiary/aromatic N) is 2. The largest absolute Gasteiger partial charge is 0.390 e. The van der Waals surface area contributed by atoms with E-state index in [2.05, 4.69) is 10.2 Å². The van der Waals surface area contributed by atoms with Gasteiger partial charge in [0, 0.05) is 13.1 Å². The molecule has 4 nitrogen and oxygen atoms in total. The lowest BCUT2D eigenvalue weighted by molar-refractivity contribution is 0.134. The molecule has 1 heterocycles. The molecule has 2 N–H and O–H groups in total. The Hall–Kier alpha value is -0.160. The first-order valence-electron chi connectivity index (χ1n) is 6.44. The van der Waals surface area contributed by atoms with Gasteiger partial charge in [-0.3, -0.25) is 0 Å². The minimum absolute atomic E-state index is 0.248. The van der Waals surface area contributed by atoms with Gasteiger partial charge in [-0.2, -0.15) is 0 Å². The van der Waals surface area contributed by atoms with Crippen molar-refractivity contribution in [3.05, 3.63) is 0 Å². The molecule has 1 fully saturated rings. The van der Waals surface area contributed by atoms with Crippen LogP contribution in [-0.4, -0.2) is 74.4 Å². The quantitative estimate of drug-likeness (QED) is 0.574. The van der Waals surface area contributed by atoms with Crippen molar-refractivity contribution in [1.29, 1.82) is 0 Å². The number of hydrogen-bond donors (Lipinski definition) is 2. The van der Waals surface area contributed by atoms with Crippen LogP contribution in [0.15, 0.2) is 0 Å². The number of nitrogens with one attached hydrogen (secondary N) is 1. The Morgan fingerprint density at radius 3 is 2.62 bits per heavy atom. The molecule has 0 radical (unpaired) electrons. The lowest BCUT2D eigenvalue weighted by atomic mass is 10.3. The van der Waals surface area contributed by atoms with E-state index in [9.17, 15) is 5.11 Å². The van der Waals surface area contributed by atoms with Gasteiger partial charge in [0.05, 0.1) is 6.10 Å². The zero-order valence-corrected chi connectivity index (χ0v) is 10.8. The lowest BCUT2D eigenvalue weighted by Gasteiger charge is -2.17. The highest BCUT2D eigenvalue weighted by Crippen LogP contribution is 2.06. The first-order chi connectivity index (χ1) is 7.68. The van der Waals surface area contributed by atoms with Gasteiger partial charge in [0.15, 0.2) is 0 Å². The molecule has 0 aromatic rings. The average Bonchev–Trinajstić information content (AvgIpc) is 2.68. The lowest BCUT2D eigenvalue weighted by Crippen LogP contribution is -2.36. The predicted octanol–water partition coefficient (Wildman–Crippen LogP) is -0.0156. The molecule has 1 aliphatic heterocycles. The van der Waals surface area contributed by atoms with Crippen molar-refractivity contribution in [2.75, 3.05) is 53.4 Å². The minimum atomic E-state index is -0.248. The predicted molar refractivity (Wildman–Crippen MR) is 67.7 cm³/mol. The summed E-state index contributed by atoms with van der Waals surface area (Å²) >= 11 is 0. The molecule has 0 spiro atoms. The fourth-order valence-electron chi connectivity index (χ4n) is 2.19. The molecule has 1 aliphatic rings. The van der Waals surface area contributed by atoms with Gasteiger partial charge in [-0.1, -0.05) is 0 Å². The van der Waals surface area contributed by atoms with Crippen LogP contribution in [0, 0.1) is 0 Å². The van der Waals surface area contributed by atoms with Crippen LogP contribution in [-0.2, 0) is 0 Å². The molecule has 0 aromatic heterocycles. The highest BCUT2D eigenvalue weighted by Gasteiger charge is 2.10. The molecule has 0 bridgehead atoms. The Kier molecular flexibility index (Phi) is 6.96. The zero-order valence-electron chi connectivity index (χ0n) is 10.8. The number of hydrogen-bond acceptors (Lipinski definition) is 4. The Balaban J connectivity index is 1.87. The normalized spacial score (nSPS) is 19.5. The van der Waals surface area contributed by atoms with Crippen molar-refractivity contribution in [1.82, 2.24) is 15.1 Å². The van der Waals surface area contributed by atoms with E-state index in [4.69, 9.17) is 0 Å². The van der Waals surface area contributed by atoms with Gasteiger partial charge in [-0.05, 0) is 59.5 Å². The minimum Gasteiger partial charge on any atom is -0.390 e. The van der Waals surface area contributed by atoms with Crippen molar-refractivity contribution >= 4 is 0 Å². The third-order valence-electron chi connectivity index (χ3n) is 2.98. The number of aliphatic hydroxyl groups excluding tert-OH is 1. The van der Waals surface area contributed by atoms with E-state index >= 15 is 0 Å². The Bertz CT molecular complexity index is 170. The molecular weight excluding hydrogens is 202 g/mol. The summed E-state index contributed by atoms with van der Waals surface area (Å²) < 4.78 is 0. The van der Waals surface area contributed by atoms with Crippen LogP contribution in [0.2, 0.25) is 0 Å². The summed E-state index contributed by atoms with van der Waals surface area (Å²) in [6.07, 6.45) is 3.68. The molecule has 4 heteroatoms. The maximum atomic E-state index is 9.62. The summed E-state index contributed by atoms with van der Waals surface area (Å²) in [4.78, 5) is 4.54. The van der Waals surface area contributed by atoms with Gasteiger partial charge in [0.25, 0.3) is 0 Å². The number of likely N-dealkylation sites (tertiary alicyclic amines) is 1. The molecular formula is C12H27N3O. The number of likely N-dealkylation sites (N-methyl/N-ethyl adjacent to an activating group) is 1. The smallest absolute Gasteiger partial charge is 0.0791 e. The Morgan fingerprint density at radius 1 is 1.31 bits per heavy atom. The van der Waals surface area contributed by atoms with Crippen LogP contribution in [0.1, 0.15) is 19.3 Å². The van der Waals surface area contributed by atoms with Crippen LogP contribution in [0.5, 0.6) is 0 Å². The fourth-order valence-corrected chi connectivity index (χ4v) is 2.19. The van der Waals surface area contributed by atoms with Crippen molar-refractivity contribution < 1.29 is 5.11 Å². The standard InChI is InChI=1S/C12H27N3O/c1-14(2)11-12(16)10-13-6-5-9-15-7-3-4-8-15/h12-13,16H,3-11H2,1-2H3. The Morgan fingerprint density at radius 2 is 2.00 bits per heavy atom. The summed E-state index contributed by atoms with van der Waals surface area (Å²) in [6, 6.07) is 0. The van der Waals surface area contributed by atoms with E-state index in [1.807, 2.05) is 19.0 Å². The van der Waals surface area contributed by atoms with Crippen LogP contribution < -0.4 is 5.32 Å². The molecule has 96 valence electrons. The van der Waals surface area contributed by atoms with Gasteiger partial charge < -0.3 is 20.2 Å². The Labute approximate surface area is 99.6 Å². The summed E-state index contributed by atoms with van der Waals surface area (Å²) in [5.74, 6) is 0. The molecule has 1 saturated heterocycles. The monoisotopic (exact) mass is 229 g/mol. The maximum Gasteiger partial charge on any atom is 0.0791 e. The van der Waals surface area contributed by atoms with Crippen LogP contribution in [0.3, 0.4) is 0 Å². The third kappa shape index (κ3) is 6.43. The van der Waals surface area contributed by atoms with Gasteiger partial charge in [-0.15, -0.1) is 0 Å². The van der Waals surface area contributed by atoms with Crippen molar-refractivity contribution in [3.8, 4) is 0 Å². The third-order valence-corrected chi connectivity index (χ3v) is 2.98. The van der Waals surface area contributed by atoms with E-state index < -0.39 is 0 Å². The molecule has 0 aromatic carbocycles. The van der Waals surface area contributed by atoms with Crippen molar-refractivity contribution in [2.24, 2.45) is 0 Å². The summed E-state index contributed by atoms with van der Waals surface area (Å²) in [5, 5.41) is 12.9. The number of aliphatic hydroxyl groups is 1. The van der Waals surface area contributed by atoms with E-state index in [1.54, 1.807) is 0 Å². The van der Waals surface area contributed by atoms with Crippen LogP contribution in [0.25, 0.3) is 0 Å². The average molecular weight is 229 g/mol. The first kappa shape index (κ1) is 13.9. The fraction of sp³-hybridized carbons (Fsp3) is 1.00. The van der Waals surface area contributed by atoms with Crippen molar-refractivity contribution in [3.63, 3.8) is 0 Å². The second-order valence-corrected chi connectivity index (χ2v) is 5.02. The number of rotatable bonds is 8. The topological polar surface area (TPSA) is 38.7 Å². The van der Waals surface area contributed by atoms with Gasteiger partial charge >= 0.3 is 0 Å². The molecule has 0 amide bonds. The maximum absolute atomic E-state index is 9.62. The van der Waals surface area contributed by atoms with Crippen LogP contribution >= 0.6 is 0 Å². The van der Waals surface area contributed by atoms with E-state index in [1.165, 1.54) is 38.9 Å². The molecule has 0 saturated carbocycles. The highest BCUT2D eigenvalue weighted by atomic mass is 16.3. The molecule has 1 rings (SSSR count). The molecule has 0 aliphatic carbocycles. The first-order valence-corrected chi connectivity index (χ1v) is 6.44. The van der Waals surface area contributed by atoms with E-state index in [0.29, 0.717) is 6.54 Å². The zero-order chi connectivity index (χ0) is 11.8. The molecule has 1 unspecified atom stereocenters.